The Hall–Kier alpha value is -1.56. The summed E-state index contributed by atoms with van der Waals surface area (Å²) in [4.78, 5) is 24.4. The van der Waals surface area contributed by atoms with Gasteiger partial charge in [0.1, 0.15) is 6.61 Å². The lowest BCUT2D eigenvalue weighted by atomic mass is 9.95. The number of carbonyl (C=O) groups excluding carboxylic acids is 1. The molecule has 1 aromatic heterocycles. The van der Waals surface area contributed by atoms with Gasteiger partial charge in [-0.05, 0) is 12.8 Å². The third-order valence-electron chi connectivity index (χ3n) is 3.26. The number of amides is 1. The number of nitrogens with zero attached hydrogens (tertiary/aromatic N) is 2. The monoisotopic (exact) mass is 239 g/mol. The predicted octanol–water partition coefficient (Wildman–Crippen LogP) is -0.588. The number of carbonyl (C=O) groups is 1. The molecule has 0 radical (unpaired) electrons. The molecular weight excluding hydrogens is 222 g/mol. The van der Waals surface area contributed by atoms with Gasteiger partial charge in [0.25, 0.3) is 5.56 Å². The number of aromatic amines is 1. The SMILES string of the molecule is Cn1[nH]c([C@@H]2CCCN(C(=O)CO)C2)cc1=O. The van der Waals surface area contributed by atoms with Crippen LogP contribution in [-0.2, 0) is 11.8 Å². The minimum atomic E-state index is -0.446. The van der Waals surface area contributed by atoms with Crippen LogP contribution in [0.1, 0.15) is 24.5 Å². The van der Waals surface area contributed by atoms with Crippen LogP contribution in [0.25, 0.3) is 0 Å². The Balaban J connectivity index is 2.12. The first-order valence-corrected chi connectivity index (χ1v) is 5.76. The molecule has 1 atom stereocenters. The highest BCUT2D eigenvalue weighted by Crippen LogP contribution is 2.24. The van der Waals surface area contributed by atoms with Crippen molar-refractivity contribution in [3.05, 3.63) is 22.1 Å². The molecule has 1 saturated heterocycles. The van der Waals surface area contributed by atoms with Crippen LogP contribution in [0.3, 0.4) is 0 Å². The quantitative estimate of drug-likeness (QED) is 0.724. The smallest absolute Gasteiger partial charge is 0.266 e. The van der Waals surface area contributed by atoms with E-state index in [1.165, 1.54) is 4.68 Å². The van der Waals surface area contributed by atoms with Gasteiger partial charge >= 0.3 is 0 Å². The molecule has 0 spiro atoms. The van der Waals surface area contributed by atoms with E-state index in [-0.39, 0.29) is 17.4 Å². The summed E-state index contributed by atoms with van der Waals surface area (Å²) in [7, 11) is 1.67. The van der Waals surface area contributed by atoms with Crippen LogP contribution >= 0.6 is 0 Å². The van der Waals surface area contributed by atoms with E-state index in [2.05, 4.69) is 5.10 Å². The van der Waals surface area contributed by atoms with Gasteiger partial charge < -0.3 is 10.0 Å². The largest absolute Gasteiger partial charge is 0.387 e. The molecule has 6 heteroatoms. The number of aliphatic hydroxyl groups excluding tert-OH is 1. The van der Waals surface area contributed by atoms with Crippen molar-refractivity contribution < 1.29 is 9.90 Å². The van der Waals surface area contributed by atoms with Crippen LogP contribution in [0.4, 0.5) is 0 Å². The second kappa shape index (κ2) is 4.75. The van der Waals surface area contributed by atoms with E-state index >= 15 is 0 Å². The van der Waals surface area contributed by atoms with Gasteiger partial charge in [-0.1, -0.05) is 0 Å². The van der Waals surface area contributed by atoms with Gasteiger partial charge in [0.05, 0.1) is 0 Å². The molecule has 17 heavy (non-hydrogen) atoms. The number of hydrogen-bond acceptors (Lipinski definition) is 3. The number of nitrogens with one attached hydrogen (secondary N) is 1. The van der Waals surface area contributed by atoms with E-state index in [1.807, 2.05) is 0 Å². The molecule has 0 aliphatic carbocycles. The molecule has 1 fully saturated rings. The van der Waals surface area contributed by atoms with Crippen molar-refractivity contribution in [1.29, 1.82) is 0 Å². The highest BCUT2D eigenvalue weighted by atomic mass is 16.3. The third-order valence-corrected chi connectivity index (χ3v) is 3.26. The van der Waals surface area contributed by atoms with Gasteiger partial charge in [0.15, 0.2) is 0 Å². The van der Waals surface area contributed by atoms with Crippen molar-refractivity contribution in [2.45, 2.75) is 18.8 Å². The molecule has 0 aromatic carbocycles. The summed E-state index contributed by atoms with van der Waals surface area (Å²) >= 11 is 0. The van der Waals surface area contributed by atoms with Crippen LogP contribution in [0.15, 0.2) is 10.9 Å². The molecule has 1 aliphatic rings. The molecule has 1 aromatic rings. The van der Waals surface area contributed by atoms with Gasteiger partial charge in [-0.15, -0.1) is 0 Å². The van der Waals surface area contributed by atoms with E-state index in [9.17, 15) is 9.59 Å². The van der Waals surface area contributed by atoms with Crippen molar-refractivity contribution in [3.8, 4) is 0 Å². The van der Waals surface area contributed by atoms with Crippen LogP contribution in [0, 0.1) is 0 Å². The maximum atomic E-state index is 11.4. The minimum absolute atomic E-state index is 0.0643. The summed E-state index contributed by atoms with van der Waals surface area (Å²) in [5.41, 5.74) is 0.804. The summed E-state index contributed by atoms with van der Waals surface area (Å²) in [6, 6.07) is 1.58. The molecule has 0 saturated carbocycles. The van der Waals surface area contributed by atoms with Crippen LogP contribution in [0.5, 0.6) is 0 Å². The van der Waals surface area contributed by atoms with Gasteiger partial charge in [-0.25, -0.2) is 0 Å². The maximum Gasteiger partial charge on any atom is 0.266 e. The zero-order chi connectivity index (χ0) is 12.4. The first-order chi connectivity index (χ1) is 8.11. The van der Waals surface area contributed by atoms with Gasteiger partial charge in [0.2, 0.25) is 5.91 Å². The van der Waals surface area contributed by atoms with E-state index in [0.29, 0.717) is 13.1 Å². The predicted molar refractivity (Wildman–Crippen MR) is 61.7 cm³/mol. The number of likely N-dealkylation sites (tertiary alicyclic amines) is 1. The molecule has 2 N–H and O–H groups in total. The molecule has 2 heterocycles. The third kappa shape index (κ3) is 2.41. The lowest BCUT2D eigenvalue weighted by Gasteiger charge is -2.31. The fourth-order valence-corrected chi connectivity index (χ4v) is 2.28. The Morgan fingerprint density at radius 3 is 3.00 bits per heavy atom. The molecule has 0 unspecified atom stereocenters. The molecule has 0 bridgehead atoms. The van der Waals surface area contributed by atoms with Crippen molar-refractivity contribution in [2.75, 3.05) is 19.7 Å². The Morgan fingerprint density at radius 1 is 1.65 bits per heavy atom. The average molecular weight is 239 g/mol. The lowest BCUT2D eigenvalue weighted by Crippen LogP contribution is -2.40. The molecular formula is C11H17N3O3. The zero-order valence-electron chi connectivity index (χ0n) is 9.85. The summed E-state index contributed by atoms with van der Waals surface area (Å²) in [5, 5.41) is 11.8. The topological polar surface area (TPSA) is 78.3 Å². The molecule has 1 aliphatic heterocycles. The second-order valence-electron chi connectivity index (χ2n) is 4.45. The number of H-pyrrole nitrogens is 1. The first kappa shape index (κ1) is 11.9. The average Bonchev–Trinajstić information content (AvgIpc) is 2.69. The molecule has 1 amide bonds. The van der Waals surface area contributed by atoms with Crippen LogP contribution in [-0.4, -0.2) is 45.4 Å². The second-order valence-corrected chi connectivity index (χ2v) is 4.45. The first-order valence-electron chi connectivity index (χ1n) is 5.76. The Morgan fingerprint density at radius 2 is 2.41 bits per heavy atom. The summed E-state index contributed by atoms with van der Waals surface area (Å²) in [5.74, 6) is -0.0823. The lowest BCUT2D eigenvalue weighted by molar-refractivity contribution is -0.135. The summed E-state index contributed by atoms with van der Waals surface area (Å²) in [6.45, 7) is 0.810. The van der Waals surface area contributed by atoms with E-state index in [4.69, 9.17) is 5.11 Å². The van der Waals surface area contributed by atoms with Crippen molar-refractivity contribution in [2.24, 2.45) is 7.05 Å². The molecule has 6 nitrogen and oxygen atoms in total. The minimum Gasteiger partial charge on any atom is -0.387 e. The number of hydrogen-bond donors (Lipinski definition) is 2. The van der Waals surface area contributed by atoms with Crippen LogP contribution in [0.2, 0.25) is 0 Å². The summed E-state index contributed by atoms with van der Waals surface area (Å²) < 4.78 is 1.43. The van der Waals surface area contributed by atoms with Gasteiger partial charge in [-0.3, -0.25) is 19.4 Å². The highest BCUT2D eigenvalue weighted by Gasteiger charge is 2.25. The maximum absolute atomic E-state index is 11.4. The molecule has 2 rings (SSSR count). The van der Waals surface area contributed by atoms with Crippen LogP contribution < -0.4 is 5.56 Å². The highest BCUT2D eigenvalue weighted by molar-refractivity contribution is 5.77. The van der Waals surface area contributed by atoms with E-state index in [0.717, 1.165) is 18.5 Å². The standard InChI is InChI=1S/C11H17N3O3/c1-13-10(16)5-9(12-13)8-3-2-4-14(6-8)11(17)7-15/h5,8,12,15H,2-4,6-7H2,1H3/t8-/m1/s1. The number of aryl methyl sites for hydroxylation is 1. The number of rotatable bonds is 2. The number of aromatic nitrogens is 2. The fourth-order valence-electron chi connectivity index (χ4n) is 2.28. The molecule has 94 valence electrons. The number of piperidine rings is 1. The zero-order valence-corrected chi connectivity index (χ0v) is 9.85. The van der Waals surface area contributed by atoms with Crippen molar-refractivity contribution >= 4 is 5.91 Å². The van der Waals surface area contributed by atoms with E-state index in [1.54, 1.807) is 18.0 Å². The summed E-state index contributed by atoms with van der Waals surface area (Å²) in [6.07, 6.45) is 1.85. The normalized spacial score (nSPS) is 20.6. The van der Waals surface area contributed by atoms with Crippen molar-refractivity contribution in [1.82, 2.24) is 14.7 Å². The Kier molecular flexibility index (Phi) is 3.33. The van der Waals surface area contributed by atoms with E-state index < -0.39 is 6.61 Å². The van der Waals surface area contributed by atoms with Gasteiger partial charge in [0, 0.05) is 37.8 Å². The fraction of sp³-hybridized carbons (Fsp3) is 0.636. The Bertz CT molecular complexity index is 463. The Labute approximate surface area is 98.8 Å². The van der Waals surface area contributed by atoms with Crippen molar-refractivity contribution in [3.63, 3.8) is 0 Å². The number of aliphatic hydroxyl groups is 1. The van der Waals surface area contributed by atoms with Gasteiger partial charge in [-0.2, -0.15) is 0 Å².